The van der Waals surface area contributed by atoms with Crippen molar-refractivity contribution >= 4 is 23.4 Å². The molecule has 1 aliphatic heterocycles. The Balaban J connectivity index is 1.39. The minimum atomic E-state index is -0.428. The summed E-state index contributed by atoms with van der Waals surface area (Å²) in [5.41, 5.74) is 1.36. The number of pyridine rings is 1. The number of thioether (sulfide) groups is 1. The predicted molar refractivity (Wildman–Crippen MR) is 94.0 cm³/mol. The molecule has 3 heterocycles. The molecule has 0 fully saturated rings. The lowest BCUT2D eigenvalue weighted by molar-refractivity contribution is -0.115. The number of hydrogen-bond acceptors (Lipinski definition) is 8. The number of benzene rings is 1. The van der Waals surface area contributed by atoms with Gasteiger partial charge in [0.05, 0.1) is 10.8 Å². The molecule has 9 heteroatoms. The van der Waals surface area contributed by atoms with Crippen molar-refractivity contribution in [3.8, 4) is 23.0 Å². The van der Waals surface area contributed by atoms with E-state index >= 15 is 0 Å². The minimum Gasteiger partial charge on any atom is -0.454 e. The van der Waals surface area contributed by atoms with Crippen molar-refractivity contribution in [2.24, 2.45) is 0 Å². The highest BCUT2D eigenvalue weighted by Crippen LogP contribution is 2.34. The number of nitrogens with zero attached hydrogens (tertiary/aromatic N) is 3. The van der Waals surface area contributed by atoms with Gasteiger partial charge in [0.2, 0.25) is 18.6 Å². The van der Waals surface area contributed by atoms with Gasteiger partial charge in [0, 0.05) is 24.1 Å². The monoisotopic (exact) mass is 370 g/mol. The van der Waals surface area contributed by atoms with Gasteiger partial charge in [-0.25, -0.2) is 0 Å². The van der Waals surface area contributed by atoms with E-state index in [4.69, 9.17) is 13.9 Å². The summed E-state index contributed by atoms with van der Waals surface area (Å²) in [4.78, 5) is 16.4. The predicted octanol–water partition coefficient (Wildman–Crippen LogP) is 2.98. The molecule has 0 aliphatic carbocycles. The van der Waals surface area contributed by atoms with Crippen molar-refractivity contribution in [1.82, 2.24) is 15.2 Å². The van der Waals surface area contributed by atoms with Gasteiger partial charge in [-0.05, 0) is 31.2 Å². The Kier molecular flexibility index (Phi) is 4.44. The van der Waals surface area contributed by atoms with Gasteiger partial charge in [0.1, 0.15) is 0 Å². The first-order chi connectivity index (χ1) is 12.7. The maximum Gasteiger partial charge on any atom is 0.277 e. The number of nitrogens with one attached hydrogen (secondary N) is 1. The number of hydrogen-bond donors (Lipinski definition) is 1. The highest BCUT2D eigenvalue weighted by atomic mass is 32.2. The normalized spacial score (nSPS) is 13.4. The summed E-state index contributed by atoms with van der Waals surface area (Å²) in [5.74, 6) is 1.46. The number of aromatic nitrogens is 3. The van der Waals surface area contributed by atoms with Gasteiger partial charge < -0.3 is 19.2 Å². The highest BCUT2D eigenvalue weighted by molar-refractivity contribution is 8.00. The number of amides is 1. The van der Waals surface area contributed by atoms with Crippen molar-refractivity contribution in [3.05, 3.63) is 42.7 Å². The van der Waals surface area contributed by atoms with Crippen molar-refractivity contribution in [2.45, 2.75) is 17.4 Å². The Morgan fingerprint density at radius 1 is 1.23 bits per heavy atom. The van der Waals surface area contributed by atoms with Crippen LogP contribution in [-0.2, 0) is 4.79 Å². The molecular formula is C17H14N4O4S. The van der Waals surface area contributed by atoms with Crippen LogP contribution in [0.25, 0.3) is 11.5 Å². The summed E-state index contributed by atoms with van der Waals surface area (Å²) in [6, 6.07) is 8.85. The maximum absolute atomic E-state index is 12.4. The van der Waals surface area contributed by atoms with Crippen LogP contribution in [0.2, 0.25) is 0 Å². The SMILES string of the molecule is CC(Sc1nnc(-c2cccnc2)o1)C(=O)Nc1ccc2c(c1)OCO2. The molecule has 1 aliphatic rings. The fourth-order valence-electron chi connectivity index (χ4n) is 2.29. The van der Waals surface area contributed by atoms with Crippen molar-refractivity contribution in [1.29, 1.82) is 0 Å². The third kappa shape index (κ3) is 3.47. The van der Waals surface area contributed by atoms with E-state index < -0.39 is 5.25 Å². The topological polar surface area (TPSA) is 99.4 Å². The van der Waals surface area contributed by atoms with Crippen LogP contribution in [0.15, 0.2) is 52.4 Å². The Labute approximate surface area is 152 Å². The number of carbonyl (C=O) groups excluding carboxylic acids is 1. The third-order valence-corrected chi connectivity index (χ3v) is 4.54. The molecular weight excluding hydrogens is 356 g/mol. The van der Waals surface area contributed by atoms with Crippen molar-refractivity contribution in [2.75, 3.05) is 12.1 Å². The van der Waals surface area contributed by atoms with Gasteiger partial charge in [-0.2, -0.15) is 0 Å². The van der Waals surface area contributed by atoms with Crippen LogP contribution in [0.3, 0.4) is 0 Å². The fraction of sp³-hybridized carbons (Fsp3) is 0.176. The van der Waals surface area contributed by atoms with Crippen molar-refractivity contribution in [3.63, 3.8) is 0 Å². The lowest BCUT2D eigenvalue weighted by Crippen LogP contribution is -2.22. The molecule has 4 rings (SSSR count). The molecule has 2 aromatic heterocycles. The highest BCUT2D eigenvalue weighted by Gasteiger charge is 2.20. The number of fused-ring (bicyclic) bond motifs is 1. The smallest absolute Gasteiger partial charge is 0.277 e. The number of rotatable bonds is 5. The van der Waals surface area contributed by atoms with E-state index in [9.17, 15) is 4.79 Å². The molecule has 3 aromatic rings. The first-order valence-corrected chi connectivity index (χ1v) is 8.68. The van der Waals surface area contributed by atoms with Gasteiger partial charge in [0.25, 0.3) is 5.22 Å². The Bertz CT molecular complexity index is 932. The summed E-state index contributed by atoms with van der Waals surface area (Å²) in [5, 5.41) is 10.7. The molecule has 1 aromatic carbocycles. The van der Waals surface area contributed by atoms with E-state index in [1.54, 1.807) is 43.6 Å². The van der Waals surface area contributed by atoms with Crippen LogP contribution in [0.5, 0.6) is 11.5 Å². The summed E-state index contributed by atoms with van der Waals surface area (Å²) in [6.07, 6.45) is 3.30. The van der Waals surface area contributed by atoms with Gasteiger partial charge in [-0.1, -0.05) is 11.8 Å². The van der Waals surface area contributed by atoms with Crippen LogP contribution in [0, 0.1) is 0 Å². The van der Waals surface area contributed by atoms with E-state index in [0.717, 1.165) is 5.56 Å². The summed E-state index contributed by atoms with van der Waals surface area (Å²) in [6.45, 7) is 1.95. The average molecular weight is 370 g/mol. The second-order valence-electron chi connectivity index (χ2n) is 5.43. The fourth-order valence-corrected chi connectivity index (χ4v) is 2.97. The lowest BCUT2D eigenvalue weighted by Gasteiger charge is -2.10. The van der Waals surface area contributed by atoms with Gasteiger partial charge in [-0.15, -0.1) is 10.2 Å². The van der Waals surface area contributed by atoms with Crippen LogP contribution >= 0.6 is 11.8 Å². The van der Waals surface area contributed by atoms with Gasteiger partial charge in [0.15, 0.2) is 11.5 Å². The first kappa shape index (κ1) is 16.4. The van der Waals surface area contributed by atoms with Gasteiger partial charge in [-0.3, -0.25) is 9.78 Å². The molecule has 1 unspecified atom stereocenters. The van der Waals surface area contributed by atoms with E-state index in [0.29, 0.717) is 28.3 Å². The summed E-state index contributed by atoms with van der Waals surface area (Å²) in [7, 11) is 0. The Hall–Kier alpha value is -3.07. The van der Waals surface area contributed by atoms with Crippen LogP contribution in [0.1, 0.15) is 6.92 Å². The maximum atomic E-state index is 12.4. The third-order valence-electron chi connectivity index (χ3n) is 3.60. The largest absolute Gasteiger partial charge is 0.454 e. The molecule has 1 amide bonds. The standard InChI is InChI=1S/C17H14N4O4S/c1-10(15(22)19-12-4-5-13-14(7-12)24-9-23-13)26-17-21-20-16(25-17)11-3-2-6-18-8-11/h2-8,10H,9H2,1H3,(H,19,22). The molecule has 8 nitrogen and oxygen atoms in total. The zero-order chi connectivity index (χ0) is 17.9. The number of carbonyl (C=O) groups is 1. The second-order valence-corrected chi connectivity index (χ2v) is 6.72. The second kappa shape index (κ2) is 7.04. The van der Waals surface area contributed by atoms with Gasteiger partial charge >= 0.3 is 0 Å². The molecule has 0 saturated carbocycles. The summed E-state index contributed by atoms with van der Waals surface area (Å²) >= 11 is 1.18. The zero-order valence-electron chi connectivity index (χ0n) is 13.7. The number of ether oxygens (including phenoxy) is 2. The molecule has 1 atom stereocenters. The minimum absolute atomic E-state index is 0.185. The first-order valence-electron chi connectivity index (χ1n) is 7.80. The van der Waals surface area contributed by atoms with Crippen LogP contribution in [0.4, 0.5) is 5.69 Å². The van der Waals surface area contributed by atoms with E-state index in [1.165, 1.54) is 11.8 Å². The molecule has 26 heavy (non-hydrogen) atoms. The average Bonchev–Trinajstić information content (AvgIpc) is 3.31. The quantitative estimate of drug-likeness (QED) is 0.684. The molecule has 1 N–H and O–H groups in total. The molecule has 0 radical (unpaired) electrons. The molecule has 132 valence electrons. The van der Waals surface area contributed by atoms with E-state index in [2.05, 4.69) is 20.5 Å². The molecule has 0 bridgehead atoms. The van der Waals surface area contributed by atoms with Crippen LogP contribution in [-0.4, -0.2) is 33.1 Å². The zero-order valence-corrected chi connectivity index (χ0v) is 14.5. The Morgan fingerprint density at radius 3 is 2.96 bits per heavy atom. The van der Waals surface area contributed by atoms with Crippen LogP contribution < -0.4 is 14.8 Å². The van der Waals surface area contributed by atoms with E-state index in [1.807, 2.05) is 6.07 Å². The lowest BCUT2D eigenvalue weighted by atomic mass is 10.2. The van der Waals surface area contributed by atoms with E-state index in [-0.39, 0.29) is 12.7 Å². The number of anilines is 1. The summed E-state index contributed by atoms with van der Waals surface area (Å²) < 4.78 is 16.1. The molecule has 0 saturated heterocycles. The van der Waals surface area contributed by atoms with Crippen molar-refractivity contribution < 1.29 is 18.7 Å². The Morgan fingerprint density at radius 2 is 2.12 bits per heavy atom. The molecule has 0 spiro atoms.